The fourth-order valence-electron chi connectivity index (χ4n) is 1.43. The molecule has 0 spiro atoms. The highest BCUT2D eigenvalue weighted by Crippen LogP contribution is 2.20. The van der Waals surface area contributed by atoms with Crippen LogP contribution >= 0.6 is 0 Å². The van der Waals surface area contributed by atoms with E-state index in [0.29, 0.717) is 10.9 Å². The minimum absolute atomic E-state index is 0.00120. The van der Waals surface area contributed by atoms with E-state index < -0.39 is 7.12 Å². The number of pyridine rings is 1. The first-order valence-corrected chi connectivity index (χ1v) is 4.13. The monoisotopic (exact) mass is 189 g/mol. The summed E-state index contributed by atoms with van der Waals surface area (Å²) in [5, 5.41) is 28.0. The summed E-state index contributed by atoms with van der Waals surface area (Å²) in [7, 11) is -1.60. The van der Waals surface area contributed by atoms with Crippen LogP contribution < -0.4 is 5.46 Å². The van der Waals surface area contributed by atoms with Crippen molar-refractivity contribution < 1.29 is 15.2 Å². The summed E-state index contributed by atoms with van der Waals surface area (Å²) in [6.45, 7) is 0. The summed E-state index contributed by atoms with van der Waals surface area (Å²) in [5.41, 5.74) is 0.795. The van der Waals surface area contributed by atoms with Gasteiger partial charge in [-0.2, -0.15) is 0 Å². The van der Waals surface area contributed by atoms with Crippen molar-refractivity contribution in [3.8, 4) is 5.75 Å². The van der Waals surface area contributed by atoms with Crippen LogP contribution in [0, 0.1) is 0 Å². The highest BCUT2D eigenvalue weighted by Gasteiger charge is 2.16. The highest BCUT2D eigenvalue weighted by molar-refractivity contribution is 6.62. The number of fused-ring (bicyclic) bond motifs is 1. The van der Waals surface area contributed by atoms with Gasteiger partial charge in [0.2, 0.25) is 0 Å². The summed E-state index contributed by atoms with van der Waals surface area (Å²) in [5.74, 6) is -0.00120. The van der Waals surface area contributed by atoms with E-state index >= 15 is 0 Å². The van der Waals surface area contributed by atoms with Gasteiger partial charge in [-0.05, 0) is 23.7 Å². The molecule has 0 aliphatic rings. The number of aromatic nitrogens is 1. The molecule has 0 radical (unpaired) electrons. The van der Waals surface area contributed by atoms with Crippen molar-refractivity contribution in [2.75, 3.05) is 0 Å². The van der Waals surface area contributed by atoms with Gasteiger partial charge in [-0.1, -0.05) is 6.07 Å². The van der Waals surface area contributed by atoms with Crippen LogP contribution in [0.4, 0.5) is 0 Å². The van der Waals surface area contributed by atoms with E-state index in [1.54, 1.807) is 12.1 Å². The highest BCUT2D eigenvalue weighted by atomic mass is 16.4. The molecule has 70 valence electrons. The number of nitrogens with zero attached hydrogens (tertiary/aromatic N) is 1. The van der Waals surface area contributed by atoms with E-state index in [1.807, 2.05) is 0 Å². The average molecular weight is 189 g/mol. The molecule has 5 heteroatoms. The molecular weight excluding hydrogens is 181 g/mol. The van der Waals surface area contributed by atoms with Gasteiger partial charge >= 0.3 is 7.12 Å². The van der Waals surface area contributed by atoms with Crippen molar-refractivity contribution in [2.24, 2.45) is 0 Å². The zero-order valence-electron chi connectivity index (χ0n) is 7.25. The molecule has 0 atom stereocenters. The van der Waals surface area contributed by atoms with Gasteiger partial charge in [0.1, 0.15) is 5.75 Å². The Morgan fingerprint density at radius 1 is 1.14 bits per heavy atom. The largest absolute Gasteiger partial charge is 0.507 e. The molecule has 0 amide bonds. The Bertz CT molecular complexity index is 467. The van der Waals surface area contributed by atoms with Gasteiger partial charge in [-0.15, -0.1) is 0 Å². The Kier molecular flexibility index (Phi) is 2.11. The lowest BCUT2D eigenvalue weighted by molar-refractivity contribution is 0.425. The van der Waals surface area contributed by atoms with Crippen LogP contribution in [0.1, 0.15) is 0 Å². The molecule has 0 unspecified atom stereocenters. The summed E-state index contributed by atoms with van der Waals surface area (Å²) in [6, 6.07) is 6.29. The molecule has 2 rings (SSSR count). The Morgan fingerprint density at radius 2 is 1.93 bits per heavy atom. The van der Waals surface area contributed by atoms with E-state index in [9.17, 15) is 5.11 Å². The third-order valence-corrected chi connectivity index (χ3v) is 2.06. The van der Waals surface area contributed by atoms with Crippen molar-refractivity contribution in [1.82, 2.24) is 4.98 Å². The number of phenols is 1. The molecule has 3 N–H and O–H groups in total. The lowest BCUT2D eigenvalue weighted by atomic mass is 9.78. The fraction of sp³-hybridized carbons (Fsp3) is 0. The Hall–Kier alpha value is -1.59. The second-order valence-electron chi connectivity index (χ2n) is 2.95. The second-order valence-corrected chi connectivity index (χ2v) is 2.95. The lowest BCUT2D eigenvalue weighted by Crippen LogP contribution is -2.30. The lowest BCUT2D eigenvalue weighted by Gasteiger charge is -2.05. The molecular formula is C9H8BNO3. The number of hydrogen-bond acceptors (Lipinski definition) is 4. The van der Waals surface area contributed by atoms with E-state index in [4.69, 9.17) is 10.0 Å². The second kappa shape index (κ2) is 3.28. The quantitative estimate of drug-likeness (QED) is 0.534. The van der Waals surface area contributed by atoms with E-state index in [1.165, 1.54) is 18.3 Å². The fourth-order valence-corrected chi connectivity index (χ4v) is 1.43. The SMILES string of the molecule is OB(O)c1ccnc2cccc(O)c12. The Labute approximate surface area is 80.6 Å². The van der Waals surface area contributed by atoms with Gasteiger partial charge in [0.25, 0.3) is 0 Å². The maximum atomic E-state index is 9.54. The molecule has 0 aliphatic heterocycles. The van der Waals surface area contributed by atoms with E-state index in [0.717, 1.165) is 0 Å². The van der Waals surface area contributed by atoms with Crippen LogP contribution in [-0.2, 0) is 0 Å². The summed E-state index contributed by atoms with van der Waals surface area (Å²) in [6.07, 6.45) is 1.47. The Morgan fingerprint density at radius 3 is 2.64 bits per heavy atom. The van der Waals surface area contributed by atoms with Gasteiger partial charge in [0, 0.05) is 11.6 Å². The molecule has 1 aromatic heterocycles. The van der Waals surface area contributed by atoms with Gasteiger partial charge in [0.05, 0.1) is 5.52 Å². The van der Waals surface area contributed by atoms with Crippen LogP contribution in [0.15, 0.2) is 30.5 Å². The minimum atomic E-state index is -1.60. The molecule has 1 heterocycles. The van der Waals surface area contributed by atoms with E-state index in [-0.39, 0.29) is 11.2 Å². The van der Waals surface area contributed by atoms with Crippen molar-refractivity contribution in [2.45, 2.75) is 0 Å². The number of rotatable bonds is 1. The molecule has 0 fully saturated rings. The molecule has 14 heavy (non-hydrogen) atoms. The van der Waals surface area contributed by atoms with Gasteiger partial charge < -0.3 is 15.2 Å². The first-order chi connectivity index (χ1) is 6.70. The van der Waals surface area contributed by atoms with Crippen LogP contribution in [0.5, 0.6) is 5.75 Å². The summed E-state index contributed by atoms with van der Waals surface area (Å²) < 4.78 is 0. The minimum Gasteiger partial charge on any atom is -0.507 e. The van der Waals surface area contributed by atoms with Crippen LogP contribution in [0.3, 0.4) is 0 Å². The van der Waals surface area contributed by atoms with Crippen molar-refractivity contribution in [3.63, 3.8) is 0 Å². The van der Waals surface area contributed by atoms with Crippen molar-refractivity contribution in [3.05, 3.63) is 30.5 Å². The van der Waals surface area contributed by atoms with Gasteiger partial charge in [0.15, 0.2) is 0 Å². The average Bonchev–Trinajstić information content (AvgIpc) is 2.17. The van der Waals surface area contributed by atoms with Crippen LogP contribution in [0.2, 0.25) is 0 Å². The number of hydrogen-bond donors (Lipinski definition) is 3. The van der Waals surface area contributed by atoms with Crippen LogP contribution in [-0.4, -0.2) is 27.3 Å². The standard InChI is InChI=1S/C9H8BNO3/c12-8-3-1-2-7-9(8)6(10(13)14)4-5-11-7/h1-5,12-14H. The maximum absolute atomic E-state index is 9.54. The molecule has 4 nitrogen and oxygen atoms in total. The maximum Gasteiger partial charge on any atom is 0.489 e. The van der Waals surface area contributed by atoms with Crippen molar-refractivity contribution in [1.29, 1.82) is 0 Å². The molecule has 0 saturated heterocycles. The zero-order chi connectivity index (χ0) is 10.1. The molecule has 0 bridgehead atoms. The topological polar surface area (TPSA) is 73.6 Å². The van der Waals surface area contributed by atoms with Crippen LogP contribution in [0.25, 0.3) is 10.9 Å². The first kappa shape index (κ1) is 8.99. The predicted octanol–water partition coefficient (Wildman–Crippen LogP) is -0.380. The zero-order valence-corrected chi connectivity index (χ0v) is 7.25. The van der Waals surface area contributed by atoms with Gasteiger partial charge in [-0.3, -0.25) is 4.98 Å². The van der Waals surface area contributed by atoms with E-state index in [2.05, 4.69) is 4.98 Å². The number of phenolic OH excluding ortho intramolecular Hbond substituents is 1. The third-order valence-electron chi connectivity index (χ3n) is 2.06. The number of aromatic hydroxyl groups is 1. The Balaban J connectivity index is 2.84. The molecule has 0 saturated carbocycles. The van der Waals surface area contributed by atoms with Gasteiger partial charge in [-0.25, -0.2) is 0 Å². The van der Waals surface area contributed by atoms with Crippen molar-refractivity contribution >= 4 is 23.5 Å². The molecule has 2 aromatic rings. The summed E-state index contributed by atoms with van der Waals surface area (Å²) >= 11 is 0. The normalized spacial score (nSPS) is 10.4. The first-order valence-electron chi connectivity index (χ1n) is 4.13. The predicted molar refractivity (Wildman–Crippen MR) is 53.2 cm³/mol. The molecule has 0 aliphatic carbocycles. The third kappa shape index (κ3) is 1.32. The summed E-state index contributed by atoms with van der Waals surface area (Å²) in [4.78, 5) is 4.00. The smallest absolute Gasteiger partial charge is 0.489 e. The molecule has 1 aromatic carbocycles. The number of benzene rings is 1.